The van der Waals surface area contributed by atoms with Gasteiger partial charge in [-0.25, -0.2) is 4.79 Å². The average Bonchev–Trinajstić information content (AvgIpc) is 2.37. The highest BCUT2D eigenvalue weighted by atomic mass is 16.5. The molecule has 20 heavy (non-hydrogen) atoms. The van der Waals surface area contributed by atoms with E-state index in [-0.39, 0.29) is 11.3 Å². The molecular weight excluding hydrogens is 268 g/mol. The zero-order valence-electron chi connectivity index (χ0n) is 10.6. The van der Waals surface area contributed by atoms with E-state index >= 15 is 0 Å². The summed E-state index contributed by atoms with van der Waals surface area (Å²) in [5.74, 6) is -3.15. The van der Waals surface area contributed by atoms with Gasteiger partial charge in [0.15, 0.2) is 0 Å². The Balaban J connectivity index is 2.94. The highest BCUT2D eigenvalue weighted by Gasteiger charge is 2.24. The molecule has 8 nitrogen and oxygen atoms in total. The number of ether oxygens (including phenoxy) is 1. The van der Waals surface area contributed by atoms with Crippen LogP contribution in [0.1, 0.15) is 16.8 Å². The van der Waals surface area contributed by atoms with E-state index in [1.807, 2.05) is 0 Å². The predicted octanol–water partition coefficient (Wildman–Crippen LogP) is -0.541. The minimum absolute atomic E-state index is 0.167. The number of carboxylic acid groups (broad SMARTS) is 1. The van der Waals surface area contributed by atoms with Crippen molar-refractivity contribution in [3.05, 3.63) is 23.8 Å². The highest BCUT2D eigenvalue weighted by molar-refractivity contribution is 5.99. The van der Waals surface area contributed by atoms with Gasteiger partial charge in [0.25, 0.3) is 5.91 Å². The first-order valence-corrected chi connectivity index (χ1v) is 5.54. The van der Waals surface area contributed by atoms with Crippen LogP contribution in [0.15, 0.2) is 18.2 Å². The van der Waals surface area contributed by atoms with Gasteiger partial charge >= 0.3 is 5.97 Å². The molecule has 1 aromatic carbocycles. The topological polar surface area (TPSA) is 139 Å². The van der Waals surface area contributed by atoms with Crippen molar-refractivity contribution in [2.45, 2.75) is 12.5 Å². The van der Waals surface area contributed by atoms with E-state index in [0.29, 0.717) is 5.75 Å². The van der Waals surface area contributed by atoms with E-state index in [1.54, 1.807) is 0 Å². The monoisotopic (exact) mass is 282 g/mol. The van der Waals surface area contributed by atoms with Gasteiger partial charge < -0.3 is 26.0 Å². The van der Waals surface area contributed by atoms with Crippen molar-refractivity contribution in [2.75, 3.05) is 7.11 Å². The number of nitrogens with two attached hydrogens (primary N) is 1. The quantitative estimate of drug-likeness (QED) is 0.552. The molecule has 1 atom stereocenters. The van der Waals surface area contributed by atoms with Gasteiger partial charge in [-0.15, -0.1) is 0 Å². The van der Waals surface area contributed by atoms with Gasteiger partial charge in [0, 0.05) is 0 Å². The van der Waals surface area contributed by atoms with Gasteiger partial charge in [-0.2, -0.15) is 0 Å². The number of hydrogen-bond acceptors (Lipinski definition) is 5. The van der Waals surface area contributed by atoms with Crippen molar-refractivity contribution in [3.8, 4) is 11.5 Å². The first-order valence-electron chi connectivity index (χ1n) is 5.54. The third-order valence-electron chi connectivity index (χ3n) is 2.46. The molecule has 2 amide bonds. The molecule has 0 unspecified atom stereocenters. The SMILES string of the molecule is COc1ccc(O)c(C(=O)N[C@@H](CC(N)=O)C(=O)O)c1. The Labute approximate surface area is 114 Å². The van der Waals surface area contributed by atoms with Crippen LogP contribution in [0, 0.1) is 0 Å². The van der Waals surface area contributed by atoms with Crippen molar-refractivity contribution < 1.29 is 29.3 Å². The van der Waals surface area contributed by atoms with E-state index in [0.717, 1.165) is 0 Å². The lowest BCUT2D eigenvalue weighted by Crippen LogP contribution is -2.43. The third kappa shape index (κ3) is 3.87. The lowest BCUT2D eigenvalue weighted by atomic mass is 10.1. The predicted molar refractivity (Wildman–Crippen MR) is 67.4 cm³/mol. The zero-order valence-corrected chi connectivity index (χ0v) is 10.6. The number of benzene rings is 1. The van der Waals surface area contributed by atoms with Crippen LogP contribution in [0.4, 0.5) is 0 Å². The maximum atomic E-state index is 11.9. The smallest absolute Gasteiger partial charge is 0.326 e. The Morgan fingerprint density at radius 2 is 2.05 bits per heavy atom. The number of phenolic OH excluding ortho intramolecular Hbond substituents is 1. The summed E-state index contributed by atoms with van der Waals surface area (Å²) in [6.45, 7) is 0. The summed E-state index contributed by atoms with van der Waals surface area (Å²) in [5.41, 5.74) is 4.73. The number of primary amides is 1. The second-order valence-corrected chi connectivity index (χ2v) is 3.92. The van der Waals surface area contributed by atoms with E-state index < -0.39 is 30.2 Å². The fourth-order valence-corrected chi connectivity index (χ4v) is 1.46. The van der Waals surface area contributed by atoms with Gasteiger partial charge in [0.05, 0.1) is 19.1 Å². The fraction of sp³-hybridized carbons (Fsp3) is 0.250. The minimum atomic E-state index is -1.47. The maximum Gasteiger partial charge on any atom is 0.326 e. The first kappa shape index (κ1) is 15.3. The summed E-state index contributed by atoms with van der Waals surface area (Å²) in [4.78, 5) is 33.5. The van der Waals surface area contributed by atoms with Crippen molar-refractivity contribution in [2.24, 2.45) is 5.73 Å². The minimum Gasteiger partial charge on any atom is -0.507 e. The van der Waals surface area contributed by atoms with Crippen LogP contribution in [0.3, 0.4) is 0 Å². The normalized spacial score (nSPS) is 11.4. The summed E-state index contributed by atoms with van der Waals surface area (Å²) in [6.07, 6.45) is -0.550. The average molecular weight is 282 g/mol. The standard InChI is InChI=1S/C12H14N2O6/c1-20-6-2-3-9(15)7(4-6)11(17)14-8(12(18)19)5-10(13)16/h2-4,8,15H,5H2,1H3,(H2,13,16)(H,14,17)(H,18,19)/t8-/m0/s1. The molecule has 0 aromatic heterocycles. The van der Waals surface area contributed by atoms with Crippen LogP contribution < -0.4 is 15.8 Å². The molecule has 0 bridgehead atoms. The molecule has 0 aliphatic heterocycles. The molecule has 0 saturated heterocycles. The van der Waals surface area contributed by atoms with Crippen LogP contribution >= 0.6 is 0 Å². The van der Waals surface area contributed by atoms with E-state index in [1.165, 1.54) is 25.3 Å². The number of methoxy groups -OCH3 is 1. The summed E-state index contributed by atoms with van der Waals surface area (Å²) < 4.78 is 4.90. The number of aromatic hydroxyl groups is 1. The number of carbonyl (C=O) groups excluding carboxylic acids is 2. The molecule has 5 N–H and O–H groups in total. The highest BCUT2D eigenvalue weighted by Crippen LogP contribution is 2.22. The number of rotatable bonds is 6. The molecule has 0 saturated carbocycles. The molecule has 0 radical (unpaired) electrons. The van der Waals surface area contributed by atoms with E-state index in [4.69, 9.17) is 15.6 Å². The molecule has 0 heterocycles. The van der Waals surface area contributed by atoms with Crippen LogP contribution in [0.2, 0.25) is 0 Å². The molecule has 1 rings (SSSR count). The summed E-state index contributed by atoms with van der Waals surface area (Å²) in [5, 5.41) is 20.6. The number of amides is 2. The molecule has 0 aliphatic carbocycles. The Hall–Kier alpha value is -2.77. The molecule has 8 heteroatoms. The molecule has 0 spiro atoms. The second kappa shape index (κ2) is 6.41. The number of aliphatic carboxylic acids is 1. The van der Waals surface area contributed by atoms with E-state index in [2.05, 4.69) is 5.32 Å². The third-order valence-corrected chi connectivity index (χ3v) is 2.46. The van der Waals surface area contributed by atoms with Crippen molar-refractivity contribution in [3.63, 3.8) is 0 Å². The molecular formula is C12H14N2O6. The maximum absolute atomic E-state index is 11.9. The molecule has 0 aliphatic rings. The number of hydrogen-bond donors (Lipinski definition) is 4. The van der Waals surface area contributed by atoms with Crippen LogP contribution in [0.25, 0.3) is 0 Å². The number of phenols is 1. The van der Waals surface area contributed by atoms with Gasteiger partial charge in [-0.1, -0.05) is 0 Å². The lowest BCUT2D eigenvalue weighted by Gasteiger charge is -2.14. The Morgan fingerprint density at radius 3 is 2.55 bits per heavy atom. The van der Waals surface area contributed by atoms with Crippen molar-refractivity contribution in [1.29, 1.82) is 0 Å². The van der Waals surface area contributed by atoms with Crippen LogP contribution in [0.5, 0.6) is 11.5 Å². The van der Waals surface area contributed by atoms with Crippen molar-refractivity contribution >= 4 is 17.8 Å². The number of carboxylic acids is 1. The van der Waals surface area contributed by atoms with Gasteiger partial charge in [-0.05, 0) is 18.2 Å². The molecule has 1 aromatic rings. The molecule has 0 fully saturated rings. The largest absolute Gasteiger partial charge is 0.507 e. The first-order chi connectivity index (χ1) is 9.35. The number of nitrogens with one attached hydrogen (secondary N) is 1. The van der Waals surface area contributed by atoms with Crippen LogP contribution in [-0.2, 0) is 9.59 Å². The second-order valence-electron chi connectivity index (χ2n) is 3.92. The Bertz CT molecular complexity index is 543. The zero-order chi connectivity index (χ0) is 15.3. The Kier molecular flexibility index (Phi) is 4.90. The summed E-state index contributed by atoms with van der Waals surface area (Å²) >= 11 is 0. The van der Waals surface area contributed by atoms with Gasteiger partial charge in [0.2, 0.25) is 5.91 Å². The molecule has 108 valence electrons. The van der Waals surface area contributed by atoms with Gasteiger partial charge in [-0.3, -0.25) is 9.59 Å². The lowest BCUT2D eigenvalue weighted by molar-refractivity contribution is -0.140. The summed E-state index contributed by atoms with van der Waals surface area (Å²) in [6, 6.07) is 2.45. The van der Waals surface area contributed by atoms with Crippen molar-refractivity contribution in [1.82, 2.24) is 5.32 Å². The summed E-state index contributed by atoms with van der Waals surface area (Å²) in [7, 11) is 1.38. The fourth-order valence-electron chi connectivity index (χ4n) is 1.46. The van der Waals surface area contributed by atoms with E-state index in [9.17, 15) is 19.5 Å². The van der Waals surface area contributed by atoms with Crippen LogP contribution in [-0.4, -0.2) is 41.1 Å². The van der Waals surface area contributed by atoms with Gasteiger partial charge in [0.1, 0.15) is 17.5 Å². The number of carbonyl (C=O) groups is 3. The Morgan fingerprint density at radius 1 is 1.40 bits per heavy atom.